The molecule has 2 aromatic carbocycles. The molecule has 3 aromatic rings. The van der Waals surface area contributed by atoms with Gasteiger partial charge in [-0.15, -0.1) is 11.6 Å². The molecule has 0 aliphatic carbocycles. The summed E-state index contributed by atoms with van der Waals surface area (Å²) >= 11 is 5.69. The first-order valence-corrected chi connectivity index (χ1v) is 6.15. The largest absolute Gasteiger partial charge is 0.432 e. The number of alkyl halides is 1. The van der Waals surface area contributed by atoms with E-state index in [2.05, 4.69) is 28.5 Å². The Morgan fingerprint density at radius 2 is 1.94 bits per heavy atom. The third-order valence-corrected chi connectivity index (χ3v) is 2.99. The Kier molecular flexibility index (Phi) is 2.90. The molecule has 0 radical (unpaired) electrons. The lowest BCUT2D eigenvalue weighted by atomic mass is 10.1. The maximum absolute atomic E-state index is 5.69. The second-order valence-corrected chi connectivity index (χ2v) is 4.20. The Morgan fingerprint density at radius 1 is 1.11 bits per heavy atom. The first-order chi connectivity index (χ1) is 8.86. The van der Waals surface area contributed by atoms with E-state index in [0.29, 0.717) is 11.9 Å². The Balaban J connectivity index is 1.99. The van der Waals surface area contributed by atoms with E-state index in [0.717, 1.165) is 16.8 Å². The van der Waals surface area contributed by atoms with Crippen LogP contribution in [0.3, 0.4) is 0 Å². The highest BCUT2D eigenvalue weighted by Crippen LogP contribution is 2.26. The lowest BCUT2D eigenvalue weighted by Gasteiger charge is -2.06. The number of oxazole rings is 1. The summed E-state index contributed by atoms with van der Waals surface area (Å²) in [5.41, 5.74) is 1.69. The first-order valence-electron chi connectivity index (χ1n) is 5.62. The normalized spacial score (nSPS) is 10.7. The number of hydrogen-bond donors (Lipinski definition) is 1. The maximum Gasteiger partial charge on any atom is 0.299 e. The van der Waals surface area contributed by atoms with Crippen LogP contribution in [0.15, 0.2) is 53.1 Å². The van der Waals surface area contributed by atoms with Gasteiger partial charge in [-0.3, -0.25) is 0 Å². The average Bonchev–Trinajstić information content (AvgIpc) is 2.87. The Hall–Kier alpha value is -2.00. The van der Waals surface area contributed by atoms with Crippen LogP contribution in [0.5, 0.6) is 0 Å². The summed E-state index contributed by atoms with van der Waals surface area (Å²) in [6, 6.07) is 14.7. The van der Waals surface area contributed by atoms with Gasteiger partial charge in [0.15, 0.2) is 0 Å². The van der Waals surface area contributed by atoms with Crippen molar-refractivity contribution < 1.29 is 4.42 Å². The van der Waals surface area contributed by atoms with Gasteiger partial charge in [-0.1, -0.05) is 36.4 Å². The molecule has 0 saturated heterocycles. The van der Waals surface area contributed by atoms with E-state index in [1.807, 2.05) is 24.3 Å². The van der Waals surface area contributed by atoms with Crippen LogP contribution >= 0.6 is 11.6 Å². The lowest BCUT2D eigenvalue weighted by Crippen LogP contribution is -1.91. The fraction of sp³-hybridized carbons (Fsp3) is 0.0714. The van der Waals surface area contributed by atoms with E-state index in [1.54, 1.807) is 6.26 Å². The van der Waals surface area contributed by atoms with Gasteiger partial charge in [-0.05, 0) is 11.5 Å². The van der Waals surface area contributed by atoms with Crippen LogP contribution in [0.4, 0.5) is 11.7 Å². The van der Waals surface area contributed by atoms with Crippen LogP contribution in [0, 0.1) is 0 Å². The molecular formula is C14H11ClN2O. The molecule has 0 unspecified atom stereocenters. The number of hydrogen-bond acceptors (Lipinski definition) is 3. The zero-order valence-corrected chi connectivity index (χ0v) is 10.3. The van der Waals surface area contributed by atoms with E-state index in [-0.39, 0.29) is 0 Å². The molecule has 3 nitrogen and oxygen atoms in total. The van der Waals surface area contributed by atoms with E-state index < -0.39 is 0 Å². The molecule has 0 aliphatic heterocycles. The minimum Gasteiger partial charge on any atom is -0.432 e. The summed E-state index contributed by atoms with van der Waals surface area (Å²) in [6.45, 7) is 0. The third-order valence-electron chi connectivity index (χ3n) is 2.72. The average molecular weight is 259 g/mol. The van der Waals surface area contributed by atoms with Crippen molar-refractivity contribution in [3.8, 4) is 0 Å². The number of aromatic nitrogens is 1. The van der Waals surface area contributed by atoms with Crippen LogP contribution in [-0.4, -0.2) is 4.98 Å². The van der Waals surface area contributed by atoms with Crippen molar-refractivity contribution in [3.63, 3.8) is 0 Å². The Bertz CT molecular complexity index is 673. The predicted molar refractivity (Wildman–Crippen MR) is 73.3 cm³/mol. The standard InChI is InChI=1S/C14H11ClN2O/c15-8-11-9-18-14(16-11)17-13-7-3-5-10-4-1-2-6-12(10)13/h1-7,9H,8H2,(H,16,17). The van der Waals surface area contributed by atoms with E-state index in [9.17, 15) is 0 Å². The molecule has 1 aromatic heterocycles. The van der Waals surface area contributed by atoms with Gasteiger partial charge in [-0.25, -0.2) is 0 Å². The number of nitrogens with one attached hydrogen (secondary N) is 1. The molecule has 0 amide bonds. The van der Waals surface area contributed by atoms with E-state index in [4.69, 9.17) is 16.0 Å². The Labute approximate surface area is 109 Å². The van der Waals surface area contributed by atoms with Crippen LogP contribution in [0.2, 0.25) is 0 Å². The Morgan fingerprint density at radius 3 is 2.78 bits per heavy atom. The van der Waals surface area contributed by atoms with Crippen molar-refractivity contribution in [1.29, 1.82) is 0 Å². The quantitative estimate of drug-likeness (QED) is 0.712. The van der Waals surface area contributed by atoms with Crippen molar-refractivity contribution in [2.45, 2.75) is 5.88 Å². The van der Waals surface area contributed by atoms with Crippen LogP contribution in [-0.2, 0) is 5.88 Å². The molecular weight excluding hydrogens is 248 g/mol. The summed E-state index contributed by atoms with van der Waals surface area (Å²) in [6.07, 6.45) is 1.56. The van der Waals surface area contributed by atoms with Crippen LogP contribution in [0.25, 0.3) is 10.8 Å². The second kappa shape index (κ2) is 4.70. The van der Waals surface area contributed by atoms with Gasteiger partial charge < -0.3 is 9.73 Å². The van der Waals surface area contributed by atoms with Gasteiger partial charge in [0.05, 0.1) is 17.3 Å². The molecule has 0 aliphatic rings. The molecule has 0 spiro atoms. The molecule has 0 bridgehead atoms. The maximum atomic E-state index is 5.69. The summed E-state index contributed by atoms with van der Waals surface area (Å²) in [5.74, 6) is 0.348. The van der Waals surface area contributed by atoms with Gasteiger partial charge in [0, 0.05) is 5.39 Å². The SMILES string of the molecule is ClCc1coc(Nc2cccc3ccccc23)n1. The molecule has 90 valence electrons. The van der Waals surface area contributed by atoms with Gasteiger partial charge in [0.25, 0.3) is 6.01 Å². The van der Waals surface area contributed by atoms with Crippen molar-refractivity contribution in [2.75, 3.05) is 5.32 Å². The molecule has 4 heteroatoms. The second-order valence-electron chi connectivity index (χ2n) is 3.93. The highest BCUT2D eigenvalue weighted by Gasteiger charge is 2.05. The topological polar surface area (TPSA) is 38.1 Å². The molecule has 1 N–H and O–H groups in total. The summed E-state index contributed by atoms with van der Waals surface area (Å²) in [5, 5.41) is 5.47. The predicted octanol–water partition coefficient (Wildman–Crippen LogP) is 4.31. The lowest BCUT2D eigenvalue weighted by molar-refractivity contribution is 0.576. The van der Waals surface area contributed by atoms with Gasteiger partial charge in [0.2, 0.25) is 0 Å². The number of benzene rings is 2. The zero-order valence-electron chi connectivity index (χ0n) is 9.56. The number of fused-ring (bicyclic) bond motifs is 1. The third kappa shape index (κ3) is 2.05. The summed E-state index contributed by atoms with van der Waals surface area (Å²) in [7, 11) is 0. The van der Waals surface area contributed by atoms with E-state index >= 15 is 0 Å². The zero-order chi connectivity index (χ0) is 12.4. The molecule has 0 saturated carbocycles. The number of nitrogens with zero attached hydrogens (tertiary/aromatic N) is 1. The number of rotatable bonds is 3. The smallest absolute Gasteiger partial charge is 0.299 e. The minimum absolute atomic E-state index is 0.348. The van der Waals surface area contributed by atoms with Gasteiger partial charge in [0.1, 0.15) is 6.26 Å². The highest BCUT2D eigenvalue weighted by atomic mass is 35.5. The summed E-state index contributed by atoms with van der Waals surface area (Å²) < 4.78 is 5.30. The minimum atomic E-state index is 0.348. The van der Waals surface area contributed by atoms with Crippen molar-refractivity contribution >= 4 is 34.1 Å². The fourth-order valence-corrected chi connectivity index (χ4v) is 2.00. The highest BCUT2D eigenvalue weighted by molar-refractivity contribution is 6.16. The number of anilines is 2. The summed E-state index contributed by atoms with van der Waals surface area (Å²) in [4.78, 5) is 4.22. The van der Waals surface area contributed by atoms with Crippen molar-refractivity contribution in [1.82, 2.24) is 4.98 Å². The first kappa shape index (κ1) is 11.1. The van der Waals surface area contributed by atoms with Crippen LogP contribution in [0.1, 0.15) is 5.69 Å². The molecule has 3 rings (SSSR count). The molecule has 18 heavy (non-hydrogen) atoms. The molecule has 0 fully saturated rings. The fourth-order valence-electron chi connectivity index (χ4n) is 1.88. The monoisotopic (exact) mass is 258 g/mol. The molecule has 1 heterocycles. The van der Waals surface area contributed by atoms with Crippen molar-refractivity contribution in [3.05, 3.63) is 54.4 Å². The van der Waals surface area contributed by atoms with Gasteiger partial charge >= 0.3 is 0 Å². The van der Waals surface area contributed by atoms with Crippen molar-refractivity contribution in [2.24, 2.45) is 0 Å². The van der Waals surface area contributed by atoms with Crippen LogP contribution < -0.4 is 5.32 Å². The molecule has 0 atom stereocenters. The number of halogens is 1. The van der Waals surface area contributed by atoms with E-state index in [1.165, 1.54) is 5.39 Å². The van der Waals surface area contributed by atoms with Gasteiger partial charge in [-0.2, -0.15) is 4.98 Å².